The number of hydrogen-bond donors (Lipinski definition) is 0. The van der Waals surface area contributed by atoms with Crippen molar-refractivity contribution < 1.29 is 28.5 Å². The average Bonchev–Trinajstić information content (AvgIpc) is 3.86. The van der Waals surface area contributed by atoms with Gasteiger partial charge in [0, 0.05) is 51.2 Å². The first-order valence-electron chi connectivity index (χ1n) is 20.2. The largest absolute Gasteiger partial charge is 0.468 e. The number of morpholine rings is 2. The quantitative estimate of drug-likeness (QED) is 0.109. The van der Waals surface area contributed by atoms with E-state index >= 15 is 0 Å². The van der Waals surface area contributed by atoms with E-state index in [4.69, 9.17) is 18.9 Å². The van der Waals surface area contributed by atoms with Crippen molar-refractivity contribution in [2.75, 3.05) is 76.6 Å². The zero-order chi connectivity index (χ0) is 40.1. The molecule has 2 saturated heterocycles. The highest BCUT2D eigenvalue weighted by molar-refractivity contribution is 5.93. The van der Waals surface area contributed by atoms with Crippen molar-refractivity contribution in [2.45, 2.75) is 51.4 Å². The molecule has 6 heterocycles. The normalized spacial score (nSPS) is 14.3. The molecule has 0 radical (unpaired) electrons. The van der Waals surface area contributed by atoms with E-state index in [1.807, 2.05) is 48.5 Å². The Kier molecular flexibility index (Phi) is 13.9. The van der Waals surface area contributed by atoms with Gasteiger partial charge in [0.1, 0.15) is 17.2 Å². The van der Waals surface area contributed by atoms with E-state index in [1.165, 1.54) is 25.3 Å². The fraction of sp³-hybridized carbons (Fsp3) is 0.409. The minimum absolute atomic E-state index is 0.00320. The summed E-state index contributed by atoms with van der Waals surface area (Å²) in [5.41, 5.74) is 5.41. The van der Waals surface area contributed by atoms with Crippen LogP contribution < -0.4 is 19.3 Å². The lowest BCUT2D eigenvalue weighted by molar-refractivity contribution is 0.0884. The number of pyridine rings is 2. The van der Waals surface area contributed by atoms with Crippen LogP contribution in [0.15, 0.2) is 85.2 Å². The van der Waals surface area contributed by atoms with Crippen molar-refractivity contribution in [3.8, 4) is 12.0 Å². The number of unbranched alkanes of at least 4 members (excludes halogenated alkanes) is 2. The Labute approximate surface area is 338 Å². The van der Waals surface area contributed by atoms with Crippen LogP contribution in [0, 0.1) is 0 Å². The number of methoxy groups -OCH3 is 2. The molecule has 0 saturated carbocycles. The summed E-state index contributed by atoms with van der Waals surface area (Å²) in [6, 6.07) is 25.2. The fourth-order valence-electron chi connectivity index (χ4n) is 7.30. The average molecular weight is 789 g/mol. The van der Waals surface area contributed by atoms with Crippen LogP contribution in [-0.2, 0) is 22.3 Å². The van der Waals surface area contributed by atoms with Gasteiger partial charge in [-0.1, -0.05) is 60.7 Å². The van der Waals surface area contributed by atoms with E-state index < -0.39 is 0 Å². The zero-order valence-corrected chi connectivity index (χ0v) is 33.4. The Morgan fingerprint density at radius 1 is 0.586 bits per heavy atom. The van der Waals surface area contributed by atoms with Crippen LogP contribution in [0.5, 0.6) is 12.0 Å². The highest BCUT2D eigenvalue weighted by atomic mass is 16.5. The Morgan fingerprint density at radius 3 is 1.57 bits per heavy atom. The Balaban J connectivity index is 0.000000177. The molecule has 2 aliphatic rings. The topological polar surface area (TPSA) is 139 Å². The number of nitrogens with zero attached hydrogens (tertiary/aromatic N) is 8. The van der Waals surface area contributed by atoms with Crippen LogP contribution in [0.2, 0.25) is 0 Å². The molecule has 0 amide bonds. The van der Waals surface area contributed by atoms with Gasteiger partial charge in [-0.05, 0) is 49.7 Å². The molecule has 14 nitrogen and oxygen atoms in total. The molecule has 58 heavy (non-hydrogen) atoms. The monoisotopic (exact) mass is 788 g/mol. The summed E-state index contributed by atoms with van der Waals surface area (Å²) in [6.07, 6.45) is 9.83. The molecule has 0 bridgehead atoms. The molecule has 8 rings (SSSR count). The molecule has 0 N–H and O–H groups in total. The lowest BCUT2D eigenvalue weighted by Crippen LogP contribution is -2.36. The first kappa shape index (κ1) is 40.3. The molecule has 2 fully saturated rings. The summed E-state index contributed by atoms with van der Waals surface area (Å²) in [4.78, 5) is 48.2. The number of carbonyl (C=O) groups is 2. The van der Waals surface area contributed by atoms with Crippen molar-refractivity contribution in [1.82, 2.24) is 29.1 Å². The highest BCUT2D eigenvalue weighted by Crippen LogP contribution is 2.27. The lowest BCUT2D eigenvalue weighted by Gasteiger charge is -2.27. The maximum Gasteiger partial charge on any atom is 0.304 e. The van der Waals surface area contributed by atoms with E-state index in [0.29, 0.717) is 62.3 Å². The number of hydrogen-bond acceptors (Lipinski definition) is 12. The fourth-order valence-corrected chi connectivity index (χ4v) is 7.30. The molecule has 0 atom stereocenters. The second kappa shape index (κ2) is 20.0. The van der Waals surface area contributed by atoms with E-state index in [-0.39, 0.29) is 11.8 Å². The number of benzene rings is 2. The smallest absolute Gasteiger partial charge is 0.304 e. The van der Waals surface area contributed by atoms with E-state index in [9.17, 15) is 9.59 Å². The summed E-state index contributed by atoms with van der Waals surface area (Å²) >= 11 is 0. The number of ether oxygens (including phenoxy) is 4. The SMILES string of the molecule is COc1nc2cc(N3CCOCC3)ncc2n1C(=O)CCCCc1ccccc1.COc1nc2cnc(N3CCOCC3)cc2n1C(=O)CCCCc1ccccc1. The predicted octanol–water partition coefficient (Wildman–Crippen LogP) is 6.66. The summed E-state index contributed by atoms with van der Waals surface area (Å²) in [6.45, 7) is 5.94. The molecular weight excluding hydrogens is 737 g/mol. The van der Waals surface area contributed by atoms with Crippen molar-refractivity contribution >= 4 is 45.5 Å². The summed E-state index contributed by atoms with van der Waals surface area (Å²) in [7, 11) is 3.08. The second-order valence-electron chi connectivity index (χ2n) is 14.3. The van der Waals surface area contributed by atoms with Gasteiger partial charge in [0.25, 0.3) is 0 Å². The van der Waals surface area contributed by atoms with E-state index in [0.717, 1.165) is 87.4 Å². The molecule has 0 spiro atoms. The predicted molar refractivity (Wildman–Crippen MR) is 223 cm³/mol. The first-order valence-corrected chi connectivity index (χ1v) is 20.2. The molecule has 2 aliphatic heterocycles. The van der Waals surface area contributed by atoms with Gasteiger partial charge in [-0.15, -0.1) is 0 Å². The molecular formula is C44H52N8O6. The van der Waals surface area contributed by atoms with Gasteiger partial charge >= 0.3 is 12.0 Å². The zero-order valence-electron chi connectivity index (χ0n) is 33.4. The Morgan fingerprint density at radius 2 is 1.05 bits per heavy atom. The molecule has 0 unspecified atom stereocenters. The van der Waals surface area contributed by atoms with Gasteiger partial charge in [-0.3, -0.25) is 9.59 Å². The van der Waals surface area contributed by atoms with Gasteiger partial charge in [-0.25, -0.2) is 19.1 Å². The van der Waals surface area contributed by atoms with Crippen molar-refractivity contribution in [1.29, 1.82) is 0 Å². The Hall–Kier alpha value is -5.86. The second-order valence-corrected chi connectivity index (χ2v) is 14.3. The van der Waals surface area contributed by atoms with Crippen molar-refractivity contribution in [2.24, 2.45) is 0 Å². The maximum absolute atomic E-state index is 13.0. The van der Waals surface area contributed by atoms with Crippen molar-refractivity contribution in [3.05, 3.63) is 96.3 Å². The van der Waals surface area contributed by atoms with Gasteiger partial charge < -0.3 is 28.7 Å². The highest BCUT2D eigenvalue weighted by Gasteiger charge is 2.22. The maximum atomic E-state index is 13.0. The van der Waals surface area contributed by atoms with Crippen LogP contribution in [0.1, 0.15) is 59.2 Å². The molecule has 2 aromatic carbocycles. The van der Waals surface area contributed by atoms with Crippen LogP contribution >= 0.6 is 0 Å². The molecule has 304 valence electrons. The number of rotatable bonds is 14. The third kappa shape index (κ3) is 9.98. The number of aryl methyl sites for hydroxylation is 2. The minimum atomic E-state index is -0.0154. The standard InChI is InChI=1S/2C22H26N4O3/c1-28-22-24-18-16-23-20(25-11-13-29-14-12-25)15-19(18)26(22)21(27)10-6-5-9-17-7-3-2-4-8-17;1-28-22-24-18-15-20(25-11-13-29-14-12-25)23-16-19(18)26(22)21(27)10-6-5-9-17-7-3-2-4-8-17/h2*2-4,7-8,15-16H,5-6,9-14H2,1H3. The van der Waals surface area contributed by atoms with Crippen LogP contribution in [0.4, 0.5) is 11.6 Å². The van der Waals surface area contributed by atoms with Crippen molar-refractivity contribution in [3.63, 3.8) is 0 Å². The molecule has 4 aromatic heterocycles. The number of fused-ring (bicyclic) bond motifs is 2. The van der Waals surface area contributed by atoms with Gasteiger partial charge in [0.05, 0.1) is 69.6 Å². The number of imidazole rings is 2. The van der Waals surface area contributed by atoms with E-state index in [2.05, 4.69) is 54.0 Å². The minimum Gasteiger partial charge on any atom is -0.468 e. The molecule has 14 heteroatoms. The van der Waals surface area contributed by atoms with Crippen LogP contribution in [0.3, 0.4) is 0 Å². The lowest BCUT2D eigenvalue weighted by atomic mass is 10.1. The first-order chi connectivity index (χ1) is 28.5. The summed E-state index contributed by atoms with van der Waals surface area (Å²) in [5.74, 6) is 1.67. The van der Waals surface area contributed by atoms with Gasteiger partial charge in [-0.2, -0.15) is 9.97 Å². The third-order valence-electron chi connectivity index (χ3n) is 10.4. The summed E-state index contributed by atoms with van der Waals surface area (Å²) in [5, 5.41) is 0. The Bertz CT molecular complexity index is 2250. The van der Waals surface area contributed by atoms with Crippen LogP contribution in [-0.4, -0.2) is 108 Å². The molecule has 6 aromatic rings. The summed E-state index contributed by atoms with van der Waals surface area (Å²) < 4.78 is 24.7. The number of aromatic nitrogens is 6. The third-order valence-corrected chi connectivity index (χ3v) is 10.4. The van der Waals surface area contributed by atoms with Gasteiger partial charge in [0.2, 0.25) is 11.8 Å². The molecule has 0 aliphatic carbocycles. The van der Waals surface area contributed by atoms with Gasteiger partial charge in [0.15, 0.2) is 0 Å². The number of anilines is 2. The number of carbonyl (C=O) groups excluding carboxylic acids is 2. The van der Waals surface area contributed by atoms with E-state index in [1.54, 1.807) is 21.5 Å². The van der Waals surface area contributed by atoms with Crippen LogP contribution in [0.25, 0.3) is 22.1 Å².